The van der Waals surface area contributed by atoms with Gasteiger partial charge in [0.2, 0.25) is 0 Å². The lowest BCUT2D eigenvalue weighted by atomic mass is 10.4. The van der Waals surface area contributed by atoms with Gasteiger partial charge in [-0.15, -0.1) is 0 Å². The average molecular weight is 130 g/mol. The second-order valence-electron chi connectivity index (χ2n) is 1.42. The molecule has 4 N–H and O–H groups in total. The van der Waals surface area contributed by atoms with E-state index in [1.807, 2.05) is 0 Å². The van der Waals surface area contributed by atoms with Crippen molar-refractivity contribution < 1.29 is 9.90 Å². The molecule has 52 valence electrons. The fourth-order valence-corrected chi connectivity index (χ4v) is 0.396. The van der Waals surface area contributed by atoms with Crippen molar-refractivity contribution in [2.45, 2.75) is 6.92 Å². The Labute approximate surface area is 53.4 Å². The minimum Gasteiger partial charge on any atom is -0.477 e. The van der Waals surface area contributed by atoms with Crippen molar-refractivity contribution in [1.29, 1.82) is 0 Å². The predicted octanol–water partition coefficient (Wildman–Crippen LogP) is -0.519. The van der Waals surface area contributed by atoms with Gasteiger partial charge in [-0.05, 0) is 6.92 Å². The van der Waals surface area contributed by atoms with Gasteiger partial charge in [0, 0.05) is 12.7 Å². The first-order valence-corrected chi connectivity index (χ1v) is 2.61. The minimum absolute atomic E-state index is 0.0394. The van der Waals surface area contributed by atoms with Crippen LogP contribution in [0.1, 0.15) is 6.92 Å². The van der Waals surface area contributed by atoms with Crippen molar-refractivity contribution in [2.24, 2.45) is 5.73 Å². The van der Waals surface area contributed by atoms with Crippen LogP contribution in [0.5, 0.6) is 0 Å². The summed E-state index contributed by atoms with van der Waals surface area (Å²) in [6.45, 7) is 2.36. The first-order valence-electron chi connectivity index (χ1n) is 2.61. The molecular weight excluding hydrogens is 120 g/mol. The Morgan fingerprint density at radius 3 is 2.56 bits per heavy atom. The molecule has 0 atom stereocenters. The molecule has 0 spiro atoms. The van der Waals surface area contributed by atoms with Crippen molar-refractivity contribution >= 4 is 5.97 Å². The molecule has 0 aliphatic rings. The van der Waals surface area contributed by atoms with Crippen LogP contribution >= 0.6 is 0 Å². The van der Waals surface area contributed by atoms with Crippen molar-refractivity contribution in [2.75, 3.05) is 6.54 Å². The second-order valence-corrected chi connectivity index (χ2v) is 1.42. The molecule has 0 saturated heterocycles. The first kappa shape index (κ1) is 7.81. The smallest absolute Gasteiger partial charge is 0.353 e. The van der Waals surface area contributed by atoms with E-state index >= 15 is 0 Å². The highest BCUT2D eigenvalue weighted by atomic mass is 16.4. The van der Waals surface area contributed by atoms with Gasteiger partial charge in [0.1, 0.15) is 5.70 Å². The molecule has 0 bridgehead atoms. The third-order valence-electron chi connectivity index (χ3n) is 0.764. The Hall–Kier alpha value is -1.19. The Kier molecular flexibility index (Phi) is 3.27. The number of nitrogens with one attached hydrogen (secondary N) is 1. The number of nitrogens with two attached hydrogens (primary N) is 1. The summed E-state index contributed by atoms with van der Waals surface area (Å²) in [6, 6.07) is 0. The van der Waals surface area contributed by atoms with Crippen molar-refractivity contribution in [3.05, 3.63) is 11.9 Å². The third-order valence-corrected chi connectivity index (χ3v) is 0.764. The number of rotatable bonds is 3. The molecule has 0 aromatic rings. The molecule has 0 fully saturated rings. The first-order chi connectivity index (χ1) is 4.22. The summed E-state index contributed by atoms with van der Waals surface area (Å²) < 4.78 is 0. The van der Waals surface area contributed by atoms with Crippen molar-refractivity contribution in [3.63, 3.8) is 0 Å². The largest absolute Gasteiger partial charge is 0.477 e. The predicted molar refractivity (Wildman–Crippen MR) is 33.6 cm³/mol. The summed E-state index contributed by atoms with van der Waals surface area (Å²) in [5.74, 6) is -1.03. The molecule has 0 amide bonds. The van der Waals surface area contributed by atoms with E-state index in [0.717, 1.165) is 6.20 Å². The maximum Gasteiger partial charge on any atom is 0.353 e. The van der Waals surface area contributed by atoms with Gasteiger partial charge in [0.15, 0.2) is 0 Å². The van der Waals surface area contributed by atoms with Crippen LogP contribution in [0.3, 0.4) is 0 Å². The van der Waals surface area contributed by atoms with Gasteiger partial charge in [0.25, 0.3) is 0 Å². The summed E-state index contributed by atoms with van der Waals surface area (Å²) >= 11 is 0. The van der Waals surface area contributed by atoms with Gasteiger partial charge in [-0.25, -0.2) is 4.79 Å². The van der Waals surface area contributed by atoms with Gasteiger partial charge >= 0.3 is 5.97 Å². The standard InChI is InChI=1S/C5H10N2O2/c1-2-7-4(3-6)5(8)9/h3,7H,2,6H2,1H3,(H,8,9)/b4-3-. The number of hydrogen-bond donors (Lipinski definition) is 3. The average Bonchev–Trinajstić information content (AvgIpc) is 1.82. The van der Waals surface area contributed by atoms with E-state index in [4.69, 9.17) is 10.8 Å². The topological polar surface area (TPSA) is 75.3 Å². The Balaban J connectivity index is 3.85. The van der Waals surface area contributed by atoms with Crippen LogP contribution in [0.25, 0.3) is 0 Å². The van der Waals surface area contributed by atoms with E-state index in [1.54, 1.807) is 6.92 Å². The lowest BCUT2D eigenvalue weighted by Gasteiger charge is -1.99. The minimum atomic E-state index is -1.03. The molecule has 0 aliphatic carbocycles. The number of aliphatic carboxylic acids is 1. The molecule has 9 heavy (non-hydrogen) atoms. The molecule has 0 aromatic carbocycles. The van der Waals surface area contributed by atoms with Crippen LogP contribution in [-0.2, 0) is 4.79 Å². The van der Waals surface area contributed by atoms with E-state index in [0.29, 0.717) is 6.54 Å². The molecule has 0 unspecified atom stereocenters. The third kappa shape index (κ3) is 2.58. The van der Waals surface area contributed by atoms with Crippen molar-refractivity contribution in [3.8, 4) is 0 Å². The lowest BCUT2D eigenvalue weighted by molar-refractivity contribution is -0.133. The molecule has 4 nitrogen and oxygen atoms in total. The molecule has 4 heteroatoms. The summed E-state index contributed by atoms with van der Waals surface area (Å²) in [7, 11) is 0. The fraction of sp³-hybridized carbons (Fsp3) is 0.400. The molecule has 0 rings (SSSR count). The molecule has 0 heterocycles. The molecule has 0 radical (unpaired) electrons. The molecule has 0 aromatic heterocycles. The Morgan fingerprint density at radius 1 is 1.89 bits per heavy atom. The Bertz CT molecular complexity index is 131. The zero-order valence-electron chi connectivity index (χ0n) is 5.22. The molecule has 0 aliphatic heterocycles. The fourth-order valence-electron chi connectivity index (χ4n) is 0.396. The highest BCUT2D eigenvalue weighted by Crippen LogP contribution is 1.82. The molecule has 0 saturated carbocycles. The summed E-state index contributed by atoms with van der Waals surface area (Å²) in [5, 5.41) is 10.9. The maximum absolute atomic E-state index is 10.1. The van der Waals surface area contributed by atoms with Crippen LogP contribution in [0.15, 0.2) is 11.9 Å². The van der Waals surface area contributed by atoms with E-state index in [1.165, 1.54) is 0 Å². The highest BCUT2D eigenvalue weighted by Gasteiger charge is 2.01. The zero-order chi connectivity index (χ0) is 7.28. The number of carboxylic acids is 1. The van der Waals surface area contributed by atoms with E-state index in [-0.39, 0.29) is 5.70 Å². The lowest BCUT2D eigenvalue weighted by Crippen LogP contribution is -2.20. The summed E-state index contributed by atoms with van der Waals surface area (Å²) in [4.78, 5) is 10.1. The van der Waals surface area contributed by atoms with Gasteiger partial charge in [-0.1, -0.05) is 0 Å². The number of carbonyl (C=O) groups is 1. The SMILES string of the molecule is CCN/C(=C\N)C(=O)O. The quantitative estimate of drug-likeness (QED) is 0.449. The zero-order valence-corrected chi connectivity index (χ0v) is 5.22. The normalized spacial score (nSPS) is 11.0. The van der Waals surface area contributed by atoms with Crippen LogP contribution in [0.2, 0.25) is 0 Å². The maximum atomic E-state index is 10.1. The van der Waals surface area contributed by atoms with Gasteiger partial charge in [0.05, 0.1) is 0 Å². The van der Waals surface area contributed by atoms with Gasteiger partial charge in [-0.3, -0.25) is 0 Å². The van der Waals surface area contributed by atoms with Crippen LogP contribution < -0.4 is 11.1 Å². The summed E-state index contributed by atoms with van der Waals surface area (Å²) in [5.41, 5.74) is 4.99. The summed E-state index contributed by atoms with van der Waals surface area (Å²) in [6.07, 6.45) is 1.03. The van der Waals surface area contributed by atoms with Crippen LogP contribution in [0, 0.1) is 0 Å². The van der Waals surface area contributed by atoms with Crippen molar-refractivity contribution in [1.82, 2.24) is 5.32 Å². The second kappa shape index (κ2) is 3.77. The number of likely N-dealkylation sites (N-methyl/N-ethyl adjacent to an activating group) is 1. The van der Waals surface area contributed by atoms with Crippen LogP contribution in [0.4, 0.5) is 0 Å². The van der Waals surface area contributed by atoms with E-state index in [9.17, 15) is 4.79 Å². The Morgan fingerprint density at radius 2 is 2.44 bits per heavy atom. The highest BCUT2D eigenvalue weighted by molar-refractivity contribution is 5.85. The van der Waals surface area contributed by atoms with Crippen LogP contribution in [-0.4, -0.2) is 17.6 Å². The molecular formula is C5H10N2O2. The number of hydrogen-bond acceptors (Lipinski definition) is 3. The van der Waals surface area contributed by atoms with Gasteiger partial charge < -0.3 is 16.2 Å². The van der Waals surface area contributed by atoms with E-state index in [2.05, 4.69) is 5.32 Å². The number of carboxylic acid groups (broad SMARTS) is 1. The monoisotopic (exact) mass is 130 g/mol. The van der Waals surface area contributed by atoms with E-state index < -0.39 is 5.97 Å². The van der Waals surface area contributed by atoms with Gasteiger partial charge in [-0.2, -0.15) is 0 Å².